The molecule has 19 heavy (non-hydrogen) atoms. The number of carbonyl (C=O) groups is 3. The van der Waals surface area contributed by atoms with E-state index in [-0.39, 0.29) is 12.1 Å². The Morgan fingerprint density at radius 1 is 1.05 bits per heavy atom. The Morgan fingerprint density at radius 2 is 1.68 bits per heavy atom. The van der Waals surface area contributed by atoms with Gasteiger partial charge in [0.25, 0.3) is 11.8 Å². The topological polar surface area (TPSA) is 60.9 Å². The SMILES string of the molecule is CCN1C(=O)/C(=C/N2CCCCC2)C(=O)N(C)C1=O. The molecule has 0 aromatic rings. The maximum absolute atomic E-state index is 12.2. The van der Waals surface area contributed by atoms with Gasteiger partial charge in [0, 0.05) is 32.9 Å². The van der Waals surface area contributed by atoms with Crippen molar-refractivity contribution in [1.82, 2.24) is 14.7 Å². The van der Waals surface area contributed by atoms with Crippen molar-refractivity contribution in [3.63, 3.8) is 0 Å². The molecule has 0 bridgehead atoms. The molecular formula is C13H19N3O3. The van der Waals surface area contributed by atoms with Gasteiger partial charge in [-0.1, -0.05) is 0 Å². The van der Waals surface area contributed by atoms with E-state index >= 15 is 0 Å². The van der Waals surface area contributed by atoms with E-state index in [1.165, 1.54) is 13.5 Å². The summed E-state index contributed by atoms with van der Waals surface area (Å²) in [5, 5.41) is 0. The zero-order chi connectivity index (χ0) is 14.0. The highest BCUT2D eigenvalue weighted by molar-refractivity contribution is 6.28. The molecule has 0 spiro atoms. The van der Waals surface area contributed by atoms with Crippen molar-refractivity contribution in [2.45, 2.75) is 26.2 Å². The molecule has 0 aliphatic carbocycles. The number of barbiturate groups is 1. The van der Waals surface area contributed by atoms with E-state index in [0.717, 1.165) is 35.7 Å². The minimum absolute atomic E-state index is 0.0888. The van der Waals surface area contributed by atoms with Gasteiger partial charge in [0.15, 0.2) is 0 Å². The summed E-state index contributed by atoms with van der Waals surface area (Å²) in [5.74, 6) is -0.994. The second-order valence-corrected chi connectivity index (χ2v) is 4.84. The Labute approximate surface area is 112 Å². The van der Waals surface area contributed by atoms with E-state index in [1.54, 1.807) is 13.1 Å². The number of imide groups is 2. The molecule has 0 atom stereocenters. The highest BCUT2D eigenvalue weighted by atomic mass is 16.2. The van der Waals surface area contributed by atoms with Crippen LogP contribution in [0, 0.1) is 0 Å². The number of carbonyl (C=O) groups excluding carboxylic acids is 3. The first-order chi connectivity index (χ1) is 9.06. The Bertz CT molecular complexity index is 438. The average molecular weight is 265 g/mol. The van der Waals surface area contributed by atoms with Crippen LogP contribution in [0.1, 0.15) is 26.2 Å². The summed E-state index contributed by atoms with van der Waals surface area (Å²) in [7, 11) is 1.41. The molecule has 4 amide bonds. The number of nitrogens with zero attached hydrogens (tertiary/aromatic N) is 3. The van der Waals surface area contributed by atoms with E-state index in [4.69, 9.17) is 0 Å². The number of rotatable bonds is 2. The van der Waals surface area contributed by atoms with Crippen LogP contribution >= 0.6 is 0 Å². The molecular weight excluding hydrogens is 246 g/mol. The van der Waals surface area contributed by atoms with Crippen LogP contribution in [0.15, 0.2) is 11.8 Å². The van der Waals surface area contributed by atoms with Gasteiger partial charge < -0.3 is 4.90 Å². The standard InChI is InChI=1S/C13H19N3O3/c1-3-16-12(18)10(11(17)14(2)13(16)19)9-15-7-5-4-6-8-15/h9H,3-8H2,1-2H3/b10-9+. The molecule has 2 aliphatic rings. The van der Waals surface area contributed by atoms with Crippen LogP contribution in [0.5, 0.6) is 0 Å². The highest BCUT2D eigenvalue weighted by Gasteiger charge is 2.39. The van der Waals surface area contributed by atoms with Gasteiger partial charge in [-0.15, -0.1) is 0 Å². The Balaban J connectivity index is 2.26. The molecule has 2 fully saturated rings. The van der Waals surface area contributed by atoms with Crippen molar-refractivity contribution in [2.24, 2.45) is 0 Å². The van der Waals surface area contributed by atoms with Crippen LogP contribution in [-0.4, -0.2) is 59.2 Å². The summed E-state index contributed by atoms with van der Waals surface area (Å²) in [5.41, 5.74) is 0.0888. The molecule has 0 aromatic carbocycles. The molecule has 0 radical (unpaired) electrons. The van der Waals surface area contributed by atoms with Gasteiger partial charge in [0.05, 0.1) is 0 Å². The van der Waals surface area contributed by atoms with Gasteiger partial charge in [-0.25, -0.2) is 4.79 Å². The Morgan fingerprint density at radius 3 is 2.26 bits per heavy atom. The highest BCUT2D eigenvalue weighted by Crippen LogP contribution is 2.18. The molecule has 2 heterocycles. The van der Waals surface area contributed by atoms with Crippen molar-refractivity contribution >= 4 is 17.8 Å². The lowest BCUT2D eigenvalue weighted by molar-refractivity contribution is -0.135. The van der Waals surface area contributed by atoms with E-state index in [0.29, 0.717) is 0 Å². The lowest BCUT2D eigenvalue weighted by atomic mass is 10.1. The predicted molar refractivity (Wildman–Crippen MR) is 69.1 cm³/mol. The quantitative estimate of drug-likeness (QED) is 0.547. The van der Waals surface area contributed by atoms with Crippen molar-refractivity contribution in [3.8, 4) is 0 Å². The fourth-order valence-corrected chi connectivity index (χ4v) is 2.39. The van der Waals surface area contributed by atoms with Gasteiger partial charge in [-0.2, -0.15) is 0 Å². The molecule has 2 aliphatic heterocycles. The van der Waals surface area contributed by atoms with E-state index in [9.17, 15) is 14.4 Å². The summed E-state index contributed by atoms with van der Waals surface area (Å²) in [4.78, 5) is 40.1. The number of piperidine rings is 1. The van der Waals surface area contributed by atoms with Crippen molar-refractivity contribution < 1.29 is 14.4 Å². The summed E-state index contributed by atoms with van der Waals surface area (Å²) >= 11 is 0. The van der Waals surface area contributed by atoms with Crippen LogP contribution in [0.2, 0.25) is 0 Å². The minimum Gasteiger partial charge on any atom is -0.377 e. The molecule has 0 N–H and O–H groups in total. The largest absolute Gasteiger partial charge is 0.377 e. The molecule has 2 saturated heterocycles. The predicted octanol–water partition coefficient (Wildman–Crippen LogP) is 0.797. The first-order valence-corrected chi connectivity index (χ1v) is 6.66. The fraction of sp³-hybridized carbons (Fsp3) is 0.615. The van der Waals surface area contributed by atoms with Gasteiger partial charge in [0.1, 0.15) is 5.57 Å². The number of hydrogen-bond donors (Lipinski definition) is 0. The van der Waals surface area contributed by atoms with Crippen molar-refractivity contribution in [2.75, 3.05) is 26.7 Å². The lowest BCUT2D eigenvalue weighted by Crippen LogP contribution is -2.55. The van der Waals surface area contributed by atoms with Crippen LogP contribution in [0.25, 0.3) is 0 Å². The first kappa shape index (κ1) is 13.6. The van der Waals surface area contributed by atoms with Gasteiger partial charge in [-0.05, 0) is 26.2 Å². The monoisotopic (exact) mass is 265 g/mol. The van der Waals surface area contributed by atoms with E-state index in [2.05, 4.69) is 0 Å². The molecule has 2 rings (SSSR count). The summed E-state index contributed by atoms with van der Waals surface area (Å²) < 4.78 is 0. The van der Waals surface area contributed by atoms with E-state index < -0.39 is 17.8 Å². The molecule has 0 aromatic heterocycles. The summed E-state index contributed by atoms with van der Waals surface area (Å²) in [6, 6.07) is -0.548. The van der Waals surface area contributed by atoms with Gasteiger partial charge in [-0.3, -0.25) is 19.4 Å². The Kier molecular flexibility index (Phi) is 3.87. The van der Waals surface area contributed by atoms with Crippen molar-refractivity contribution in [3.05, 3.63) is 11.8 Å². The van der Waals surface area contributed by atoms with Crippen LogP contribution < -0.4 is 0 Å². The Hall–Kier alpha value is -1.85. The third kappa shape index (κ3) is 2.47. The minimum atomic E-state index is -0.548. The zero-order valence-electron chi connectivity index (χ0n) is 11.4. The molecule has 6 nitrogen and oxygen atoms in total. The summed E-state index contributed by atoms with van der Waals surface area (Å²) in [6.45, 7) is 3.70. The van der Waals surface area contributed by atoms with Gasteiger partial charge in [0.2, 0.25) is 0 Å². The maximum atomic E-state index is 12.2. The van der Waals surface area contributed by atoms with Gasteiger partial charge >= 0.3 is 6.03 Å². The number of likely N-dealkylation sites (tertiary alicyclic amines) is 1. The lowest BCUT2D eigenvalue weighted by Gasteiger charge is -2.32. The molecule has 0 unspecified atom stereocenters. The number of amides is 4. The fourth-order valence-electron chi connectivity index (χ4n) is 2.39. The van der Waals surface area contributed by atoms with Crippen LogP contribution in [0.4, 0.5) is 4.79 Å². The molecule has 104 valence electrons. The van der Waals surface area contributed by atoms with Crippen molar-refractivity contribution in [1.29, 1.82) is 0 Å². The number of likely N-dealkylation sites (N-methyl/N-ethyl adjacent to an activating group) is 2. The summed E-state index contributed by atoms with van der Waals surface area (Å²) in [6.07, 6.45) is 4.94. The smallest absolute Gasteiger partial charge is 0.333 e. The third-order valence-corrected chi connectivity index (χ3v) is 3.55. The maximum Gasteiger partial charge on any atom is 0.333 e. The second-order valence-electron chi connectivity index (χ2n) is 4.84. The van der Waals surface area contributed by atoms with Crippen LogP contribution in [0.3, 0.4) is 0 Å². The van der Waals surface area contributed by atoms with Crippen LogP contribution in [-0.2, 0) is 9.59 Å². The number of hydrogen-bond acceptors (Lipinski definition) is 4. The molecule has 6 heteroatoms. The second kappa shape index (κ2) is 5.42. The average Bonchev–Trinajstić information content (AvgIpc) is 2.43. The van der Waals surface area contributed by atoms with E-state index in [1.807, 2.05) is 4.90 Å². The normalized spacial score (nSPS) is 23.6. The third-order valence-electron chi connectivity index (χ3n) is 3.55. The molecule has 0 saturated carbocycles. The zero-order valence-corrected chi connectivity index (χ0v) is 11.4. The number of urea groups is 1. The first-order valence-electron chi connectivity index (χ1n) is 6.66.